The number of allylic oxidation sites excluding steroid dienone is 2. The van der Waals surface area contributed by atoms with E-state index in [1.165, 1.54) is 40.5 Å². The zero-order valence-corrected chi connectivity index (χ0v) is 31.2. The van der Waals surface area contributed by atoms with Gasteiger partial charge in [0.25, 0.3) is 11.8 Å². The summed E-state index contributed by atoms with van der Waals surface area (Å²) in [6.07, 6.45) is 3.42. The van der Waals surface area contributed by atoms with Crippen LogP contribution >= 0.6 is 11.3 Å². The summed E-state index contributed by atoms with van der Waals surface area (Å²) in [6, 6.07) is 10.8. The third kappa shape index (κ3) is 8.32. The van der Waals surface area contributed by atoms with Gasteiger partial charge in [0, 0.05) is 39.8 Å². The van der Waals surface area contributed by atoms with Gasteiger partial charge in [0.2, 0.25) is 11.8 Å². The lowest BCUT2D eigenvalue weighted by atomic mass is 10.0. The van der Waals surface area contributed by atoms with E-state index in [9.17, 15) is 23.2 Å². The van der Waals surface area contributed by atoms with E-state index in [1.807, 2.05) is 46.1 Å². The quantitative estimate of drug-likeness (QED) is 0.126. The van der Waals surface area contributed by atoms with Gasteiger partial charge in [0.05, 0.1) is 38.2 Å². The first-order valence-corrected chi connectivity index (χ1v) is 18.3. The number of hydrogen-bond donors (Lipinski definition) is 3. The fourth-order valence-corrected chi connectivity index (χ4v) is 7.17. The molecule has 1 aromatic heterocycles. The van der Waals surface area contributed by atoms with E-state index in [0.717, 1.165) is 16.0 Å². The van der Waals surface area contributed by atoms with E-state index in [0.29, 0.717) is 24.6 Å². The fraction of sp³-hybridized carbons (Fsp3) is 0.385. The monoisotopic (exact) mass is 735 g/mol. The van der Waals surface area contributed by atoms with Crippen molar-refractivity contribution in [2.75, 3.05) is 26.3 Å². The maximum atomic E-state index is 15.0. The molecule has 2 aromatic carbocycles. The van der Waals surface area contributed by atoms with Crippen LogP contribution in [-0.4, -0.2) is 66.6 Å². The predicted octanol–water partition coefficient (Wildman–Crippen LogP) is 6.78. The number of carbonyl (C=O) groups is 3. The zero-order valence-electron chi connectivity index (χ0n) is 30.4. The Labute approximate surface area is 307 Å². The van der Waals surface area contributed by atoms with Crippen molar-refractivity contribution in [3.05, 3.63) is 99.9 Å². The second kappa shape index (κ2) is 17.2. The van der Waals surface area contributed by atoms with E-state index in [4.69, 9.17) is 15.2 Å². The SMILES string of the molecule is C=C/C(=C\N=C(C)N)c1csc([C@@H](C)NC(=O)C2CC3(CN2C(=O)CNC(=O)c2ccc4c(c2)-c2ccccc2C4(F)F)OCCO3)c1.CC.CC. The lowest BCUT2D eigenvalue weighted by molar-refractivity contribution is -0.152. The lowest BCUT2D eigenvalue weighted by Crippen LogP contribution is -2.49. The van der Waals surface area contributed by atoms with Gasteiger partial charge in [-0.05, 0) is 54.1 Å². The standard InChI is InChI=1S/C35H35F2N5O5S.2C2H6/c1-4-22(16-39-21(3)38)24-14-30(48-18-24)20(2)41-33(45)29-15-34(46-11-12-47-34)19-42(29)31(43)17-40-32(44)23-9-10-28-26(13-23)25-7-5-6-8-27(25)35(28,36)37;2*1-2/h4-10,13-14,16,18,20,29H,1,11-12,15,17,19H2,2-3H3,(H2,38,39)(H,40,44)(H,41,45);2*1-2H3/b22-16+;;/t20-,29?;;/m1../s1. The number of aliphatic imine (C=N–C) groups is 1. The Kier molecular flexibility index (Phi) is 13.2. The number of nitrogens with zero attached hydrogens (tertiary/aromatic N) is 2. The zero-order chi connectivity index (χ0) is 38.2. The molecule has 52 heavy (non-hydrogen) atoms. The van der Waals surface area contributed by atoms with Crippen molar-refractivity contribution in [2.45, 2.75) is 71.8 Å². The van der Waals surface area contributed by atoms with Crippen LogP contribution in [-0.2, 0) is 25.0 Å². The highest BCUT2D eigenvalue weighted by atomic mass is 32.1. The van der Waals surface area contributed by atoms with E-state index in [1.54, 1.807) is 37.4 Å². The molecule has 0 saturated carbocycles. The molecule has 278 valence electrons. The van der Waals surface area contributed by atoms with Crippen LogP contribution < -0.4 is 16.4 Å². The first-order chi connectivity index (χ1) is 24.9. The first-order valence-electron chi connectivity index (χ1n) is 17.4. The smallest absolute Gasteiger partial charge is 0.299 e. The van der Waals surface area contributed by atoms with Gasteiger partial charge in [-0.15, -0.1) is 11.3 Å². The van der Waals surface area contributed by atoms with Crippen LogP contribution in [0.25, 0.3) is 16.7 Å². The van der Waals surface area contributed by atoms with E-state index in [-0.39, 0.29) is 35.2 Å². The molecule has 0 bridgehead atoms. The van der Waals surface area contributed by atoms with Crippen molar-refractivity contribution in [1.29, 1.82) is 0 Å². The number of halogens is 2. The average Bonchev–Trinajstić information content (AvgIpc) is 3.96. The number of likely N-dealkylation sites (tertiary alicyclic amines) is 1. The van der Waals surface area contributed by atoms with E-state index in [2.05, 4.69) is 22.2 Å². The number of fused-ring (bicyclic) bond motifs is 3. The Balaban J connectivity index is 0.00000146. The fourth-order valence-electron chi connectivity index (χ4n) is 6.25. The molecular weight excluding hydrogens is 689 g/mol. The van der Waals surface area contributed by atoms with Gasteiger partial charge in [-0.2, -0.15) is 8.78 Å². The minimum Gasteiger partial charge on any atom is -0.387 e. The Bertz CT molecular complexity index is 1850. The molecule has 1 spiro atoms. The number of thiophene rings is 1. The molecule has 2 saturated heterocycles. The second-order valence-corrected chi connectivity index (χ2v) is 12.9. The number of amides is 3. The van der Waals surface area contributed by atoms with Crippen LogP contribution in [0.2, 0.25) is 0 Å². The number of nitrogens with two attached hydrogens (primary N) is 1. The molecular formula is C39H47F2N5O5S. The maximum absolute atomic E-state index is 15.0. The summed E-state index contributed by atoms with van der Waals surface area (Å²) in [7, 11) is 0. The van der Waals surface area contributed by atoms with Crippen LogP contribution in [0.5, 0.6) is 0 Å². The number of carbonyl (C=O) groups excluding carboxylic acids is 3. The summed E-state index contributed by atoms with van der Waals surface area (Å²) < 4.78 is 41.6. The van der Waals surface area contributed by atoms with Crippen LogP contribution in [0, 0.1) is 0 Å². The Morgan fingerprint density at radius 3 is 2.40 bits per heavy atom. The summed E-state index contributed by atoms with van der Waals surface area (Å²) in [5.74, 6) is -5.39. The molecule has 1 unspecified atom stereocenters. The van der Waals surface area contributed by atoms with E-state index >= 15 is 0 Å². The molecule has 13 heteroatoms. The predicted molar refractivity (Wildman–Crippen MR) is 201 cm³/mol. The van der Waals surface area contributed by atoms with Gasteiger partial charge in [-0.1, -0.05) is 70.7 Å². The molecule has 2 aliphatic heterocycles. The minimum atomic E-state index is -3.17. The average molecular weight is 736 g/mol. The van der Waals surface area contributed by atoms with Gasteiger partial charge >= 0.3 is 0 Å². The van der Waals surface area contributed by atoms with Gasteiger partial charge < -0.3 is 30.7 Å². The third-order valence-corrected chi connectivity index (χ3v) is 9.79. The number of benzene rings is 2. The van der Waals surface area contributed by atoms with Gasteiger partial charge in [-0.25, -0.2) is 4.99 Å². The summed E-state index contributed by atoms with van der Waals surface area (Å²) in [4.78, 5) is 46.7. The number of ether oxygens (including phenoxy) is 2. The number of hydrogen-bond acceptors (Lipinski definition) is 7. The van der Waals surface area contributed by atoms with E-state index < -0.39 is 48.1 Å². The molecule has 0 radical (unpaired) electrons. The Hall–Kier alpha value is -4.72. The molecule has 3 heterocycles. The number of nitrogens with one attached hydrogen (secondary N) is 2. The van der Waals surface area contributed by atoms with Crippen molar-refractivity contribution in [3.8, 4) is 11.1 Å². The molecule has 2 atom stereocenters. The minimum absolute atomic E-state index is 0.0105. The van der Waals surface area contributed by atoms with Crippen molar-refractivity contribution in [2.24, 2.45) is 10.7 Å². The highest BCUT2D eigenvalue weighted by molar-refractivity contribution is 7.10. The van der Waals surface area contributed by atoms with Crippen molar-refractivity contribution in [1.82, 2.24) is 15.5 Å². The summed E-state index contributed by atoms with van der Waals surface area (Å²) in [6.45, 7) is 15.6. The molecule has 1 aliphatic carbocycles. The largest absolute Gasteiger partial charge is 0.387 e. The molecule has 10 nitrogen and oxygen atoms in total. The molecule has 3 aromatic rings. The Morgan fingerprint density at radius 2 is 1.73 bits per heavy atom. The van der Waals surface area contributed by atoms with Gasteiger partial charge in [0.15, 0.2) is 5.79 Å². The van der Waals surface area contributed by atoms with Crippen LogP contribution in [0.1, 0.15) is 85.9 Å². The van der Waals surface area contributed by atoms with Gasteiger partial charge in [0.1, 0.15) is 6.04 Å². The van der Waals surface area contributed by atoms with Gasteiger partial charge in [-0.3, -0.25) is 14.4 Å². The van der Waals surface area contributed by atoms with Crippen molar-refractivity contribution < 1.29 is 32.6 Å². The maximum Gasteiger partial charge on any atom is 0.299 e. The number of alkyl halides is 2. The lowest BCUT2D eigenvalue weighted by Gasteiger charge is -2.25. The first kappa shape index (κ1) is 40.1. The van der Waals surface area contributed by atoms with Crippen molar-refractivity contribution >= 4 is 40.5 Å². The third-order valence-electron chi connectivity index (χ3n) is 8.67. The van der Waals surface area contributed by atoms with Crippen LogP contribution in [0.3, 0.4) is 0 Å². The van der Waals surface area contributed by atoms with Crippen LogP contribution in [0.4, 0.5) is 8.78 Å². The molecule has 6 rings (SSSR count). The highest BCUT2D eigenvalue weighted by Crippen LogP contribution is 2.51. The molecule has 3 aliphatic rings. The molecule has 4 N–H and O–H groups in total. The number of rotatable bonds is 9. The van der Waals surface area contributed by atoms with Crippen LogP contribution in [0.15, 0.2) is 77.8 Å². The normalized spacial score (nSPS) is 18.6. The molecule has 2 fully saturated rings. The summed E-state index contributed by atoms with van der Waals surface area (Å²) >= 11 is 1.46. The highest BCUT2D eigenvalue weighted by Gasteiger charge is 2.52. The molecule has 3 amide bonds. The topological polar surface area (TPSA) is 135 Å². The summed E-state index contributed by atoms with van der Waals surface area (Å²) in [5, 5.41) is 7.53. The summed E-state index contributed by atoms with van der Waals surface area (Å²) in [5.41, 5.74) is 7.77. The Morgan fingerprint density at radius 1 is 1.06 bits per heavy atom. The van der Waals surface area contributed by atoms with Crippen molar-refractivity contribution in [3.63, 3.8) is 0 Å². The second-order valence-electron chi connectivity index (χ2n) is 11.9. The number of amidine groups is 1.